The van der Waals surface area contributed by atoms with Gasteiger partial charge in [-0.05, 0) is 67.5 Å². The van der Waals surface area contributed by atoms with E-state index in [-0.39, 0.29) is 18.3 Å². The van der Waals surface area contributed by atoms with Gasteiger partial charge in [-0.15, -0.1) is 0 Å². The highest BCUT2D eigenvalue weighted by atomic mass is 79.9. The molecule has 0 radical (unpaired) electrons. The first-order chi connectivity index (χ1) is 13.3. The maximum Gasteiger partial charge on any atom is 0.276 e. The number of amides is 2. The third-order valence-corrected chi connectivity index (χ3v) is 4.52. The Hall–Kier alpha value is -2.65. The van der Waals surface area contributed by atoms with Crippen molar-refractivity contribution in [2.75, 3.05) is 13.2 Å². The molecule has 0 atom stereocenters. The van der Waals surface area contributed by atoms with Crippen molar-refractivity contribution < 1.29 is 19.1 Å². The first-order valence-electron chi connectivity index (χ1n) is 8.30. The third kappa shape index (κ3) is 7.53. The normalized spacial score (nSPS) is 9.96. The maximum atomic E-state index is 11.8. The van der Waals surface area contributed by atoms with Crippen molar-refractivity contribution in [3.63, 3.8) is 0 Å². The highest BCUT2D eigenvalue weighted by Crippen LogP contribution is 2.21. The first kappa shape index (κ1) is 21.6. The fraction of sp³-hybridized carbons (Fsp3) is 0.211. The molecule has 7 nitrogen and oxygen atoms in total. The van der Waals surface area contributed by atoms with Crippen LogP contribution in [0.5, 0.6) is 11.5 Å². The van der Waals surface area contributed by atoms with Crippen LogP contribution in [-0.4, -0.2) is 30.1 Å². The van der Waals surface area contributed by atoms with E-state index in [0.717, 1.165) is 15.6 Å². The molecule has 0 aromatic heterocycles. The molecule has 0 spiro atoms. The van der Waals surface area contributed by atoms with Crippen LogP contribution >= 0.6 is 28.1 Å². The van der Waals surface area contributed by atoms with E-state index in [1.54, 1.807) is 12.1 Å². The van der Waals surface area contributed by atoms with Gasteiger partial charge in [0.1, 0.15) is 11.5 Å². The molecule has 0 aliphatic carbocycles. The predicted molar refractivity (Wildman–Crippen MR) is 113 cm³/mol. The van der Waals surface area contributed by atoms with Crippen LogP contribution in [0.1, 0.15) is 11.1 Å². The molecule has 2 aromatic carbocycles. The van der Waals surface area contributed by atoms with E-state index < -0.39 is 11.8 Å². The lowest BCUT2D eigenvalue weighted by molar-refractivity contribution is -0.124. The molecule has 3 N–H and O–H groups in total. The number of carbonyl (C=O) groups is 2. The minimum absolute atomic E-state index is 0.0503. The van der Waals surface area contributed by atoms with E-state index >= 15 is 0 Å². The molecule has 0 aliphatic rings. The van der Waals surface area contributed by atoms with Crippen LogP contribution < -0.4 is 25.6 Å². The van der Waals surface area contributed by atoms with Gasteiger partial charge < -0.3 is 9.47 Å². The Morgan fingerprint density at radius 2 is 1.64 bits per heavy atom. The van der Waals surface area contributed by atoms with Crippen LogP contribution in [0.4, 0.5) is 0 Å². The summed E-state index contributed by atoms with van der Waals surface area (Å²) in [7, 11) is 0. The van der Waals surface area contributed by atoms with Gasteiger partial charge >= 0.3 is 0 Å². The van der Waals surface area contributed by atoms with Crippen LogP contribution in [0.25, 0.3) is 0 Å². The van der Waals surface area contributed by atoms with Crippen LogP contribution in [-0.2, 0) is 9.59 Å². The summed E-state index contributed by atoms with van der Waals surface area (Å²) in [6.45, 7) is 3.44. The highest BCUT2D eigenvalue weighted by Gasteiger charge is 2.08. The Morgan fingerprint density at radius 1 is 0.964 bits per heavy atom. The predicted octanol–water partition coefficient (Wildman–Crippen LogP) is 2.55. The molecule has 0 unspecified atom stereocenters. The minimum atomic E-state index is -0.451. The molecule has 9 heteroatoms. The molecule has 2 rings (SSSR count). The van der Waals surface area contributed by atoms with Gasteiger partial charge in [-0.2, -0.15) is 0 Å². The second kappa shape index (κ2) is 10.6. The first-order valence-corrected chi connectivity index (χ1v) is 9.50. The zero-order valence-corrected chi connectivity index (χ0v) is 17.8. The molecule has 28 heavy (non-hydrogen) atoms. The Kier molecular flexibility index (Phi) is 8.21. The molecule has 0 bridgehead atoms. The lowest BCUT2D eigenvalue weighted by atomic mass is 10.2. The summed E-state index contributed by atoms with van der Waals surface area (Å²) >= 11 is 8.34. The summed E-state index contributed by atoms with van der Waals surface area (Å²) in [4.78, 5) is 23.6. The van der Waals surface area contributed by atoms with E-state index in [2.05, 4.69) is 32.1 Å². The number of hydrogen-bond acceptors (Lipinski definition) is 5. The third-order valence-electron chi connectivity index (χ3n) is 3.43. The SMILES string of the molecule is Cc1cccc(OCC(=O)NC(=S)NNC(=O)COc2ccc(Br)c(C)c2)c1. The maximum absolute atomic E-state index is 11.8. The molecule has 0 heterocycles. The molecular formula is C19H20BrN3O4S. The smallest absolute Gasteiger partial charge is 0.276 e. The average molecular weight is 466 g/mol. The lowest BCUT2D eigenvalue weighted by Crippen LogP contribution is -2.50. The zero-order chi connectivity index (χ0) is 20.5. The molecule has 0 saturated heterocycles. The van der Waals surface area contributed by atoms with Crippen molar-refractivity contribution in [3.05, 3.63) is 58.1 Å². The second-order valence-corrected chi connectivity index (χ2v) is 7.12. The number of hydrogen-bond donors (Lipinski definition) is 3. The topological polar surface area (TPSA) is 88.7 Å². The van der Waals surface area contributed by atoms with Crippen LogP contribution in [0.15, 0.2) is 46.9 Å². The molecular weight excluding hydrogens is 446 g/mol. The van der Waals surface area contributed by atoms with Gasteiger partial charge in [0, 0.05) is 4.47 Å². The summed E-state index contributed by atoms with van der Waals surface area (Å²) < 4.78 is 11.7. The number of aryl methyl sites for hydroxylation is 2. The molecule has 148 valence electrons. The summed E-state index contributed by atoms with van der Waals surface area (Å²) in [5.41, 5.74) is 6.80. The van der Waals surface area contributed by atoms with E-state index in [9.17, 15) is 9.59 Å². The van der Waals surface area contributed by atoms with Gasteiger partial charge in [0.05, 0.1) is 0 Å². The summed E-state index contributed by atoms with van der Waals surface area (Å²) in [5, 5.41) is 2.35. The quantitative estimate of drug-likeness (QED) is 0.448. The van der Waals surface area contributed by atoms with E-state index in [4.69, 9.17) is 21.7 Å². The largest absolute Gasteiger partial charge is 0.484 e. The summed E-state index contributed by atoms with van der Waals surface area (Å²) in [5.74, 6) is 0.255. The summed E-state index contributed by atoms with van der Waals surface area (Å²) in [6.07, 6.45) is 0. The van der Waals surface area contributed by atoms with Gasteiger partial charge in [0.2, 0.25) is 0 Å². The number of rotatable bonds is 6. The van der Waals surface area contributed by atoms with Gasteiger partial charge in [-0.1, -0.05) is 28.1 Å². The Bertz CT molecular complexity index is 876. The fourth-order valence-electron chi connectivity index (χ4n) is 2.07. The van der Waals surface area contributed by atoms with Crippen molar-refractivity contribution in [1.29, 1.82) is 0 Å². The van der Waals surface area contributed by atoms with Crippen LogP contribution in [0, 0.1) is 13.8 Å². The van der Waals surface area contributed by atoms with E-state index in [1.165, 1.54) is 0 Å². The number of halogens is 1. The van der Waals surface area contributed by atoms with Gasteiger partial charge in [-0.25, -0.2) is 0 Å². The zero-order valence-electron chi connectivity index (χ0n) is 15.4. The van der Waals surface area contributed by atoms with Crippen molar-refractivity contribution in [3.8, 4) is 11.5 Å². The van der Waals surface area contributed by atoms with Crippen molar-refractivity contribution in [1.82, 2.24) is 16.2 Å². The molecule has 2 aromatic rings. The van der Waals surface area contributed by atoms with E-state index in [1.807, 2.05) is 44.2 Å². The molecule has 0 aliphatic heterocycles. The Balaban J connectivity index is 1.66. The van der Waals surface area contributed by atoms with Crippen LogP contribution in [0.2, 0.25) is 0 Å². The molecule has 0 fully saturated rings. The lowest BCUT2D eigenvalue weighted by Gasteiger charge is -2.12. The van der Waals surface area contributed by atoms with Gasteiger partial charge in [0.25, 0.3) is 11.8 Å². The standard InChI is InChI=1S/C19H20BrN3O4S/c1-12-4-3-5-14(8-12)26-10-17(24)21-19(28)23-22-18(25)11-27-15-6-7-16(20)13(2)9-15/h3-9H,10-11H2,1-2H3,(H,22,25)(H2,21,23,24,28). The Morgan fingerprint density at radius 3 is 2.32 bits per heavy atom. The van der Waals surface area contributed by atoms with Gasteiger partial charge in [0.15, 0.2) is 18.3 Å². The van der Waals surface area contributed by atoms with Crippen molar-refractivity contribution >= 4 is 45.1 Å². The number of benzene rings is 2. The van der Waals surface area contributed by atoms with Crippen molar-refractivity contribution in [2.45, 2.75) is 13.8 Å². The number of hydrazine groups is 1. The number of nitrogens with one attached hydrogen (secondary N) is 3. The average Bonchev–Trinajstić information content (AvgIpc) is 2.66. The fourth-order valence-corrected chi connectivity index (χ4v) is 2.48. The van der Waals surface area contributed by atoms with Gasteiger partial charge in [-0.3, -0.25) is 25.8 Å². The Labute approximate surface area is 176 Å². The van der Waals surface area contributed by atoms with Crippen LogP contribution in [0.3, 0.4) is 0 Å². The van der Waals surface area contributed by atoms with Crippen molar-refractivity contribution in [2.24, 2.45) is 0 Å². The highest BCUT2D eigenvalue weighted by molar-refractivity contribution is 9.10. The number of thiocarbonyl (C=S) groups is 1. The monoisotopic (exact) mass is 465 g/mol. The molecule has 2 amide bonds. The molecule has 0 saturated carbocycles. The minimum Gasteiger partial charge on any atom is -0.484 e. The van der Waals surface area contributed by atoms with E-state index in [0.29, 0.717) is 11.5 Å². The summed E-state index contributed by atoms with van der Waals surface area (Å²) in [6, 6.07) is 12.7. The second-order valence-electron chi connectivity index (χ2n) is 5.86. The number of carbonyl (C=O) groups excluding carboxylic acids is 2. The number of ether oxygens (including phenoxy) is 2.